The van der Waals surface area contributed by atoms with Gasteiger partial charge in [-0.3, -0.25) is 35.9 Å². The van der Waals surface area contributed by atoms with E-state index in [0.29, 0.717) is 0 Å². The molecule has 0 atom stereocenters. The number of thiocarbonyl (C=S) groups is 1. The van der Waals surface area contributed by atoms with Crippen LogP contribution in [0.3, 0.4) is 0 Å². The molecule has 26 heavy (non-hydrogen) atoms. The number of carbonyl (C=O) groups excluding carboxylic acids is 2. The maximum atomic E-state index is 11.9. The number of nitro benzene ring substituents is 1. The highest BCUT2D eigenvalue weighted by atomic mass is 32.1. The van der Waals surface area contributed by atoms with E-state index in [2.05, 4.69) is 16.2 Å². The van der Waals surface area contributed by atoms with Crippen molar-refractivity contribution in [2.45, 2.75) is 0 Å². The van der Waals surface area contributed by atoms with Crippen molar-refractivity contribution >= 4 is 40.9 Å². The van der Waals surface area contributed by atoms with Crippen LogP contribution in [0, 0.1) is 10.1 Å². The van der Waals surface area contributed by atoms with Gasteiger partial charge in [-0.2, -0.15) is 0 Å². The summed E-state index contributed by atoms with van der Waals surface area (Å²) in [5.41, 5.74) is 5.59. The van der Waals surface area contributed by atoms with E-state index in [1.54, 1.807) is 6.08 Å². The predicted octanol–water partition coefficient (Wildman–Crippen LogP) is 1.94. The van der Waals surface area contributed by atoms with Gasteiger partial charge in [0.2, 0.25) is 5.91 Å². The van der Waals surface area contributed by atoms with Crippen molar-refractivity contribution in [3.8, 4) is 0 Å². The molecule has 0 heterocycles. The van der Waals surface area contributed by atoms with E-state index in [4.69, 9.17) is 12.2 Å². The minimum Gasteiger partial charge on any atom is -0.298 e. The Morgan fingerprint density at radius 2 is 1.65 bits per heavy atom. The normalized spacial score (nSPS) is 10.2. The maximum absolute atomic E-state index is 11.9. The number of hydrogen-bond acceptors (Lipinski definition) is 5. The topological polar surface area (TPSA) is 113 Å². The molecule has 0 aliphatic carbocycles. The smallest absolute Gasteiger partial charge is 0.269 e. The molecule has 2 aromatic carbocycles. The van der Waals surface area contributed by atoms with Crippen LogP contribution in [0.5, 0.6) is 0 Å². The molecule has 0 saturated heterocycles. The van der Waals surface area contributed by atoms with Crippen LogP contribution in [0.15, 0.2) is 60.7 Å². The highest BCUT2D eigenvalue weighted by Gasteiger charge is 2.09. The number of benzene rings is 2. The zero-order valence-electron chi connectivity index (χ0n) is 13.3. The fraction of sp³-hybridized carbons (Fsp3) is 0. The highest BCUT2D eigenvalue weighted by molar-refractivity contribution is 7.80. The van der Waals surface area contributed by atoms with Gasteiger partial charge in [0, 0.05) is 23.8 Å². The summed E-state index contributed by atoms with van der Waals surface area (Å²) in [6.07, 6.45) is 2.93. The molecule has 0 spiro atoms. The van der Waals surface area contributed by atoms with Crippen molar-refractivity contribution in [3.05, 3.63) is 81.9 Å². The molecule has 0 aromatic heterocycles. The zero-order chi connectivity index (χ0) is 18.9. The van der Waals surface area contributed by atoms with Crippen molar-refractivity contribution in [3.63, 3.8) is 0 Å². The third kappa shape index (κ3) is 5.80. The molecule has 0 radical (unpaired) electrons. The van der Waals surface area contributed by atoms with Crippen LogP contribution in [-0.2, 0) is 4.79 Å². The Hall–Kier alpha value is -3.59. The maximum Gasteiger partial charge on any atom is 0.269 e. The molecule has 9 heteroatoms. The van der Waals surface area contributed by atoms with E-state index in [0.717, 1.165) is 5.56 Å². The summed E-state index contributed by atoms with van der Waals surface area (Å²) in [5, 5.41) is 12.9. The number of nitro groups is 1. The predicted molar refractivity (Wildman–Crippen MR) is 99.9 cm³/mol. The highest BCUT2D eigenvalue weighted by Crippen LogP contribution is 2.11. The van der Waals surface area contributed by atoms with Crippen molar-refractivity contribution in [1.29, 1.82) is 0 Å². The fourth-order valence-corrected chi connectivity index (χ4v) is 1.99. The molecule has 0 unspecified atom stereocenters. The van der Waals surface area contributed by atoms with Crippen LogP contribution in [0.4, 0.5) is 5.69 Å². The van der Waals surface area contributed by atoms with Gasteiger partial charge in [0.1, 0.15) is 0 Å². The number of hydrogen-bond donors (Lipinski definition) is 3. The number of amides is 2. The largest absolute Gasteiger partial charge is 0.298 e. The molecule has 8 nitrogen and oxygen atoms in total. The summed E-state index contributed by atoms with van der Waals surface area (Å²) < 4.78 is 0. The van der Waals surface area contributed by atoms with E-state index in [1.807, 2.05) is 30.3 Å². The molecule has 2 rings (SSSR count). The van der Waals surface area contributed by atoms with E-state index >= 15 is 0 Å². The molecule has 2 aromatic rings. The van der Waals surface area contributed by atoms with Gasteiger partial charge in [-0.05, 0) is 36.0 Å². The standard InChI is InChI=1S/C17H14N4O4S/c22-15(11-6-12-4-2-1-3-5-12)18-17(26)20-19-16(23)13-7-9-14(10-8-13)21(24)25/h1-11H,(H,19,23)(H2,18,20,22,26). The van der Waals surface area contributed by atoms with Gasteiger partial charge in [-0.15, -0.1) is 0 Å². The van der Waals surface area contributed by atoms with Crippen LogP contribution in [0.25, 0.3) is 6.08 Å². The number of carbonyl (C=O) groups is 2. The molecule has 0 saturated carbocycles. The summed E-state index contributed by atoms with van der Waals surface area (Å²) >= 11 is 4.90. The Labute approximate surface area is 154 Å². The molecule has 2 amide bonds. The van der Waals surface area contributed by atoms with Gasteiger partial charge < -0.3 is 0 Å². The average Bonchev–Trinajstić information content (AvgIpc) is 2.65. The Balaban J connectivity index is 1.80. The Morgan fingerprint density at radius 1 is 1.00 bits per heavy atom. The first kappa shape index (κ1) is 18.7. The lowest BCUT2D eigenvalue weighted by Crippen LogP contribution is -2.48. The second-order valence-corrected chi connectivity index (χ2v) is 5.35. The van der Waals surface area contributed by atoms with Gasteiger partial charge in [-0.25, -0.2) is 0 Å². The van der Waals surface area contributed by atoms with Crippen LogP contribution >= 0.6 is 12.2 Å². The van der Waals surface area contributed by atoms with Crippen LogP contribution in [0.2, 0.25) is 0 Å². The van der Waals surface area contributed by atoms with Gasteiger partial charge in [0.25, 0.3) is 11.6 Å². The molecule has 132 valence electrons. The number of nitrogens with one attached hydrogen (secondary N) is 3. The monoisotopic (exact) mass is 370 g/mol. The van der Waals surface area contributed by atoms with Gasteiger partial charge in [0.15, 0.2) is 5.11 Å². The lowest BCUT2D eigenvalue weighted by Gasteiger charge is -2.09. The molecule has 0 bridgehead atoms. The number of non-ortho nitro benzene ring substituents is 1. The Morgan fingerprint density at radius 3 is 2.27 bits per heavy atom. The summed E-state index contributed by atoms with van der Waals surface area (Å²) in [6.45, 7) is 0. The van der Waals surface area contributed by atoms with Crippen LogP contribution in [0.1, 0.15) is 15.9 Å². The van der Waals surface area contributed by atoms with Crippen molar-refractivity contribution in [2.75, 3.05) is 0 Å². The zero-order valence-corrected chi connectivity index (χ0v) is 14.2. The van der Waals surface area contributed by atoms with Crippen molar-refractivity contribution < 1.29 is 14.5 Å². The summed E-state index contributed by atoms with van der Waals surface area (Å²) in [6, 6.07) is 14.3. The number of hydrazine groups is 1. The van der Waals surface area contributed by atoms with Gasteiger partial charge >= 0.3 is 0 Å². The van der Waals surface area contributed by atoms with Gasteiger partial charge in [0.05, 0.1) is 4.92 Å². The Kier molecular flexibility index (Phi) is 6.52. The van der Waals surface area contributed by atoms with Crippen molar-refractivity contribution in [2.24, 2.45) is 0 Å². The first-order chi connectivity index (χ1) is 12.5. The fourth-order valence-electron chi connectivity index (χ4n) is 1.84. The van der Waals surface area contributed by atoms with Crippen molar-refractivity contribution in [1.82, 2.24) is 16.2 Å². The van der Waals surface area contributed by atoms with Gasteiger partial charge in [-0.1, -0.05) is 30.3 Å². The lowest BCUT2D eigenvalue weighted by molar-refractivity contribution is -0.384. The first-order valence-corrected chi connectivity index (χ1v) is 7.75. The molecule has 0 fully saturated rings. The quantitative estimate of drug-likeness (QED) is 0.328. The molecule has 3 N–H and O–H groups in total. The summed E-state index contributed by atoms with van der Waals surface area (Å²) in [7, 11) is 0. The molecular formula is C17H14N4O4S. The molecule has 0 aliphatic rings. The number of nitrogens with zero attached hydrogens (tertiary/aromatic N) is 1. The summed E-state index contributed by atoms with van der Waals surface area (Å²) in [5.74, 6) is -1.02. The third-order valence-electron chi connectivity index (χ3n) is 3.09. The van der Waals surface area contributed by atoms with E-state index in [1.165, 1.54) is 30.3 Å². The third-order valence-corrected chi connectivity index (χ3v) is 3.30. The number of rotatable bonds is 4. The van der Waals surface area contributed by atoms with E-state index in [-0.39, 0.29) is 16.4 Å². The van der Waals surface area contributed by atoms with E-state index in [9.17, 15) is 19.7 Å². The minimum absolute atomic E-state index is 0.0945. The summed E-state index contributed by atoms with van der Waals surface area (Å²) in [4.78, 5) is 33.6. The Bertz CT molecular complexity index is 851. The second kappa shape index (κ2) is 9.04. The van der Waals surface area contributed by atoms with E-state index < -0.39 is 16.7 Å². The lowest BCUT2D eigenvalue weighted by atomic mass is 10.2. The minimum atomic E-state index is -0.562. The molecule has 0 aliphatic heterocycles. The van der Waals surface area contributed by atoms with Crippen LogP contribution in [-0.4, -0.2) is 21.9 Å². The SMILES string of the molecule is O=C(C=Cc1ccccc1)NC(=S)NNC(=O)c1ccc([N+](=O)[O-])cc1. The first-order valence-electron chi connectivity index (χ1n) is 7.34. The molecular weight excluding hydrogens is 356 g/mol. The average molecular weight is 370 g/mol. The second-order valence-electron chi connectivity index (χ2n) is 4.95. The van der Waals surface area contributed by atoms with Crippen LogP contribution < -0.4 is 16.2 Å².